The van der Waals surface area contributed by atoms with Gasteiger partial charge >= 0.3 is 11.9 Å². The molecule has 124 valence electrons. The fourth-order valence-electron chi connectivity index (χ4n) is 1.85. The number of hydrogen-bond acceptors (Lipinski definition) is 4. The van der Waals surface area contributed by atoms with Gasteiger partial charge in [0.2, 0.25) is 0 Å². The van der Waals surface area contributed by atoms with Gasteiger partial charge in [-0.25, -0.2) is 9.59 Å². The number of amides is 1. The summed E-state index contributed by atoms with van der Waals surface area (Å²) in [5.41, 5.74) is -0.463. The molecule has 0 atom stereocenters. The van der Waals surface area contributed by atoms with Crippen molar-refractivity contribution in [3.8, 4) is 5.75 Å². The zero-order valence-electron chi connectivity index (χ0n) is 12.2. The van der Waals surface area contributed by atoms with Crippen molar-refractivity contribution in [2.75, 3.05) is 11.9 Å². The molecule has 3 N–H and O–H groups in total. The number of nitrogens with one attached hydrogen (secondary N) is 1. The highest BCUT2D eigenvalue weighted by Crippen LogP contribution is 2.23. The molecule has 24 heavy (non-hydrogen) atoms. The predicted octanol–water partition coefficient (Wildman–Crippen LogP) is 2.75. The van der Waals surface area contributed by atoms with Crippen LogP contribution in [-0.4, -0.2) is 34.7 Å². The second kappa shape index (κ2) is 7.47. The predicted molar refractivity (Wildman–Crippen MR) is 85.9 cm³/mol. The number of anilines is 1. The van der Waals surface area contributed by atoms with E-state index in [9.17, 15) is 14.4 Å². The topological polar surface area (TPSA) is 113 Å². The molecule has 0 bridgehead atoms. The number of aromatic carboxylic acids is 2. The standard InChI is InChI=1S/C16H12ClNO6/c17-12-3-1-2-4-13(12)24-8-14(19)18-11-6-9(15(20)21)5-10(7-11)16(22)23/h1-7H,8H2,(H,18,19)(H,20,21)(H,22,23). The van der Waals surface area contributed by atoms with E-state index in [2.05, 4.69) is 5.32 Å². The Labute approximate surface area is 141 Å². The summed E-state index contributed by atoms with van der Waals surface area (Å²) < 4.78 is 5.25. The second-order valence-electron chi connectivity index (χ2n) is 4.68. The number of carbonyl (C=O) groups is 3. The summed E-state index contributed by atoms with van der Waals surface area (Å²) >= 11 is 5.89. The van der Waals surface area contributed by atoms with Gasteiger partial charge in [0.25, 0.3) is 5.91 Å². The summed E-state index contributed by atoms with van der Waals surface area (Å²) in [6, 6.07) is 9.90. The van der Waals surface area contributed by atoms with Crippen LogP contribution in [0.2, 0.25) is 5.02 Å². The van der Waals surface area contributed by atoms with E-state index in [1.165, 1.54) is 0 Å². The van der Waals surface area contributed by atoms with Gasteiger partial charge in [-0.1, -0.05) is 23.7 Å². The molecule has 0 aliphatic carbocycles. The van der Waals surface area contributed by atoms with Crippen LogP contribution in [0, 0.1) is 0 Å². The van der Waals surface area contributed by atoms with Crippen LogP contribution in [0.25, 0.3) is 0 Å². The van der Waals surface area contributed by atoms with E-state index >= 15 is 0 Å². The molecule has 0 heterocycles. The highest BCUT2D eigenvalue weighted by molar-refractivity contribution is 6.32. The zero-order valence-corrected chi connectivity index (χ0v) is 12.9. The van der Waals surface area contributed by atoms with Crippen LogP contribution in [0.1, 0.15) is 20.7 Å². The molecule has 8 heteroatoms. The van der Waals surface area contributed by atoms with Crippen LogP contribution in [0.4, 0.5) is 5.69 Å². The van der Waals surface area contributed by atoms with Crippen molar-refractivity contribution >= 4 is 35.1 Å². The van der Waals surface area contributed by atoms with E-state index < -0.39 is 17.8 Å². The van der Waals surface area contributed by atoms with Gasteiger partial charge in [-0.15, -0.1) is 0 Å². The Morgan fingerprint density at radius 3 is 2.12 bits per heavy atom. The molecule has 2 aromatic carbocycles. The Morgan fingerprint density at radius 2 is 1.58 bits per heavy atom. The Hall–Kier alpha value is -3.06. The van der Waals surface area contributed by atoms with Crippen LogP contribution in [-0.2, 0) is 4.79 Å². The van der Waals surface area contributed by atoms with Gasteiger partial charge in [0.15, 0.2) is 6.61 Å². The SMILES string of the molecule is O=C(COc1ccccc1Cl)Nc1cc(C(=O)O)cc(C(=O)O)c1. The summed E-state index contributed by atoms with van der Waals surface area (Å²) in [6.07, 6.45) is 0. The maximum atomic E-state index is 11.9. The number of carbonyl (C=O) groups excluding carboxylic acids is 1. The minimum absolute atomic E-state index is 0.0417. The van der Waals surface area contributed by atoms with Gasteiger partial charge in [0.1, 0.15) is 5.75 Å². The van der Waals surface area contributed by atoms with Crippen LogP contribution >= 0.6 is 11.6 Å². The molecule has 1 amide bonds. The lowest BCUT2D eigenvalue weighted by atomic mass is 10.1. The molecule has 0 aliphatic heterocycles. The molecule has 0 unspecified atom stereocenters. The summed E-state index contributed by atoms with van der Waals surface area (Å²) in [6.45, 7) is -0.372. The molecule has 0 spiro atoms. The summed E-state index contributed by atoms with van der Waals surface area (Å²) in [4.78, 5) is 33.9. The average molecular weight is 350 g/mol. The Balaban J connectivity index is 2.09. The highest BCUT2D eigenvalue weighted by atomic mass is 35.5. The number of ether oxygens (including phenoxy) is 1. The van der Waals surface area contributed by atoms with Crippen LogP contribution in [0.3, 0.4) is 0 Å². The van der Waals surface area contributed by atoms with E-state index in [1.54, 1.807) is 24.3 Å². The van der Waals surface area contributed by atoms with Crippen LogP contribution in [0.15, 0.2) is 42.5 Å². The Morgan fingerprint density at radius 1 is 1.00 bits per heavy atom. The van der Waals surface area contributed by atoms with E-state index in [1.807, 2.05) is 0 Å². The quantitative estimate of drug-likeness (QED) is 0.739. The molecule has 0 radical (unpaired) electrons. The summed E-state index contributed by atoms with van der Waals surface area (Å²) in [5, 5.41) is 20.7. The van der Waals surface area contributed by atoms with Crippen LogP contribution < -0.4 is 10.1 Å². The van der Waals surface area contributed by atoms with Crippen molar-refractivity contribution in [1.82, 2.24) is 0 Å². The first-order valence-electron chi connectivity index (χ1n) is 6.65. The number of benzene rings is 2. The first-order valence-corrected chi connectivity index (χ1v) is 7.03. The molecule has 0 aromatic heterocycles. The third-order valence-electron chi connectivity index (χ3n) is 2.91. The summed E-state index contributed by atoms with van der Waals surface area (Å²) in [7, 11) is 0. The first kappa shape index (κ1) is 17.3. The van der Waals surface area contributed by atoms with Crippen molar-refractivity contribution in [2.24, 2.45) is 0 Å². The number of carboxylic acid groups (broad SMARTS) is 2. The zero-order chi connectivity index (χ0) is 17.7. The van der Waals surface area contributed by atoms with Gasteiger partial charge in [-0.2, -0.15) is 0 Å². The monoisotopic (exact) mass is 349 g/mol. The number of hydrogen-bond donors (Lipinski definition) is 3. The van der Waals surface area contributed by atoms with Gasteiger partial charge in [-0.3, -0.25) is 4.79 Å². The molecule has 7 nitrogen and oxygen atoms in total. The minimum Gasteiger partial charge on any atom is -0.482 e. The highest BCUT2D eigenvalue weighted by Gasteiger charge is 2.13. The second-order valence-corrected chi connectivity index (χ2v) is 5.08. The minimum atomic E-state index is -1.30. The van der Waals surface area contributed by atoms with Crippen molar-refractivity contribution in [2.45, 2.75) is 0 Å². The third-order valence-corrected chi connectivity index (χ3v) is 3.22. The molecular weight excluding hydrogens is 338 g/mol. The molecule has 0 saturated heterocycles. The van der Waals surface area contributed by atoms with Crippen molar-refractivity contribution in [1.29, 1.82) is 0 Å². The van der Waals surface area contributed by atoms with Gasteiger partial charge in [-0.05, 0) is 30.3 Å². The molecule has 0 fully saturated rings. The number of carboxylic acids is 2. The molecule has 0 saturated carbocycles. The van der Waals surface area contributed by atoms with Gasteiger partial charge < -0.3 is 20.3 Å². The lowest BCUT2D eigenvalue weighted by molar-refractivity contribution is -0.118. The van der Waals surface area contributed by atoms with Crippen molar-refractivity contribution in [3.63, 3.8) is 0 Å². The van der Waals surface area contributed by atoms with Gasteiger partial charge in [0, 0.05) is 5.69 Å². The molecular formula is C16H12ClNO6. The number of halogens is 1. The third kappa shape index (κ3) is 4.47. The van der Waals surface area contributed by atoms with E-state index in [4.69, 9.17) is 26.6 Å². The Kier molecular flexibility index (Phi) is 5.39. The van der Waals surface area contributed by atoms with E-state index in [0.717, 1.165) is 18.2 Å². The molecule has 2 rings (SSSR count). The lowest BCUT2D eigenvalue weighted by Gasteiger charge is -2.10. The van der Waals surface area contributed by atoms with E-state index in [-0.39, 0.29) is 23.4 Å². The fourth-order valence-corrected chi connectivity index (χ4v) is 2.04. The van der Waals surface area contributed by atoms with Crippen molar-refractivity contribution < 1.29 is 29.3 Å². The number of para-hydroxylation sites is 1. The smallest absolute Gasteiger partial charge is 0.335 e. The molecule has 0 aliphatic rings. The van der Waals surface area contributed by atoms with Gasteiger partial charge in [0.05, 0.1) is 16.1 Å². The van der Waals surface area contributed by atoms with Crippen LogP contribution in [0.5, 0.6) is 5.75 Å². The normalized spacial score (nSPS) is 10.0. The lowest BCUT2D eigenvalue weighted by Crippen LogP contribution is -2.20. The maximum Gasteiger partial charge on any atom is 0.335 e. The Bertz CT molecular complexity index is 773. The first-order chi connectivity index (χ1) is 11.4. The average Bonchev–Trinajstić information content (AvgIpc) is 2.53. The fraction of sp³-hybridized carbons (Fsp3) is 0.0625. The molecule has 2 aromatic rings. The maximum absolute atomic E-state index is 11.9. The van der Waals surface area contributed by atoms with Crippen molar-refractivity contribution in [3.05, 3.63) is 58.6 Å². The largest absolute Gasteiger partial charge is 0.482 e. The number of rotatable bonds is 6. The summed E-state index contributed by atoms with van der Waals surface area (Å²) in [5.74, 6) is -2.88. The van der Waals surface area contributed by atoms with E-state index in [0.29, 0.717) is 10.8 Å².